The predicted octanol–water partition coefficient (Wildman–Crippen LogP) is 4.60. The third-order valence-corrected chi connectivity index (χ3v) is 6.14. The monoisotopic (exact) mass is 454 g/mol. The molecule has 3 heterocycles. The third kappa shape index (κ3) is 4.12. The summed E-state index contributed by atoms with van der Waals surface area (Å²) in [7, 11) is 0. The van der Waals surface area contributed by atoms with E-state index >= 15 is 0 Å². The van der Waals surface area contributed by atoms with Crippen LogP contribution in [0, 0.1) is 5.82 Å². The fourth-order valence-electron chi connectivity index (χ4n) is 4.30. The molecule has 2 aromatic heterocycles. The minimum atomic E-state index is -0.424. The Kier molecular flexibility index (Phi) is 5.76. The summed E-state index contributed by atoms with van der Waals surface area (Å²) in [5.41, 5.74) is 3.47. The van der Waals surface area contributed by atoms with Crippen molar-refractivity contribution in [3.05, 3.63) is 89.9 Å². The molecule has 0 atom stereocenters. The zero-order valence-corrected chi connectivity index (χ0v) is 18.7. The van der Waals surface area contributed by atoms with E-state index in [4.69, 9.17) is 4.98 Å². The van der Waals surface area contributed by atoms with Crippen molar-refractivity contribution in [1.29, 1.82) is 0 Å². The van der Waals surface area contributed by atoms with Gasteiger partial charge in [0.25, 0.3) is 5.91 Å². The Morgan fingerprint density at radius 3 is 2.35 bits per heavy atom. The number of hydrogen-bond acceptors (Lipinski definition) is 5. The normalized spacial score (nSPS) is 13.8. The summed E-state index contributed by atoms with van der Waals surface area (Å²) < 4.78 is 14.6. The van der Waals surface area contributed by atoms with Crippen LogP contribution in [0.2, 0.25) is 0 Å². The van der Waals surface area contributed by atoms with Crippen molar-refractivity contribution in [1.82, 2.24) is 14.9 Å². The number of para-hydroxylation sites is 1. The fourth-order valence-corrected chi connectivity index (χ4v) is 4.30. The summed E-state index contributed by atoms with van der Waals surface area (Å²) in [6.45, 7) is 3.34. The average Bonchev–Trinajstić information content (AvgIpc) is 2.88. The van der Waals surface area contributed by atoms with E-state index in [0.29, 0.717) is 54.4 Å². The number of hydrogen-bond donors (Lipinski definition) is 0. The molecule has 2 aromatic carbocycles. The quantitative estimate of drug-likeness (QED) is 0.422. The summed E-state index contributed by atoms with van der Waals surface area (Å²) in [5, 5.41) is 0.792. The topological polar surface area (TPSA) is 66.4 Å². The maximum atomic E-state index is 14.6. The molecule has 7 heteroatoms. The zero-order chi connectivity index (χ0) is 23.7. The number of anilines is 1. The highest BCUT2D eigenvalue weighted by molar-refractivity contribution is 6.07. The number of Topliss-reactive ketones (excluding diaryl/α,β-unsaturated/α-hetero) is 1. The Morgan fingerprint density at radius 1 is 0.882 bits per heavy atom. The number of piperazine rings is 1. The highest BCUT2D eigenvalue weighted by Gasteiger charge is 2.26. The van der Waals surface area contributed by atoms with E-state index in [1.807, 2.05) is 47.4 Å². The molecule has 0 radical (unpaired) electrons. The smallest absolute Gasteiger partial charge is 0.254 e. The average molecular weight is 455 g/mol. The van der Waals surface area contributed by atoms with Crippen molar-refractivity contribution in [3.63, 3.8) is 0 Å². The largest absolute Gasteiger partial charge is 0.366 e. The van der Waals surface area contributed by atoms with Gasteiger partial charge >= 0.3 is 0 Å². The van der Waals surface area contributed by atoms with Crippen molar-refractivity contribution in [2.45, 2.75) is 6.92 Å². The highest BCUT2D eigenvalue weighted by Crippen LogP contribution is 2.27. The molecule has 0 N–H and O–H groups in total. The van der Waals surface area contributed by atoms with Gasteiger partial charge < -0.3 is 9.80 Å². The minimum absolute atomic E-state index is 0.0807. The van der Waals surface area contributed by atoms with Crippen LogP contribution in [0.1, 0.15) is 27.6 Å². The summed E-state index contributed by atoms with van der Waals surface area (Å²) in [6.07, 6.45) is 1.70. The van der Waals surface area contributed by atoms with Crippen LogP contribution >= 0.6 is 0 Å². The van der Waals surface area contributed by atoms with Gasteiger partial charge in [0, 0.05) is 43.3 Å². The van der Waals surface area contributed by atoms with E-state index in [2.05, 4.69) is 4.98 Å². The Balaban J connectivity index is 1.40. The van der Waals surface area contributed by atoms with Gasteiger partial charge in [-0.15, -0.1) is 0 Å². The van der Waals surface area contributed by atoms with Gasteiger partial charge in [-0.3, -0.25) is 14.6 Å². The number of pyridine rings is 2. The van der Waals surface area contributed by atoms with Crippen LogP contribution in [-0.4, -0.2) is 52.7 Å². The first kappa shape index (κ1) is 21.7. The third-order valence-electron chi connectivity index (χ3n) is 6.14. The SMILES string of the molecule is CC(=O)c1ccc(N2CCN(C(=O)c3cc(-c4ccccn4)nc4ccccc34)CC2)c(F)c1. The molecule has 0 bridgehead atoms. The van der Waals surface area contributed by atoms with Crippen molar-refractivity contribution < 1.29 is 14.0 Å². The molecular weight excluding hydrogens is 431 g/mol. The molecule has 34 heavy (non-hydrogen) atoms. The number of amides is 1. The highest BCUT2D eigenvalue weighted by atomic mass is 19.1. The molecule has 1 saturated heterocycles. The van der Waals surface area contributed by atoms with Crippen LogP contribution < -0.4 is 4.90 Å². The van der Waals surface area contributed by atoms with Crippen LogP contribution in [0.15, 0.2) is 72.9 Å². The second-order valence-corrected chi connectivity index (χ2v) is 8.29. The van der Waals surface area contributed by atoms with Crippen LogP contribution in [0.25, 0.3) is 22.3 Å². The first-order valence-electron chi connectivity index (χ1n) is 11.2. The summed E-state index contributed by atoms with van der Waals surface area (Å²) in [5.74, 6) is -0.675. The van der Waals surface area contributed by atoms with E-state index in [1.54, 1.807) is 29.3 Å². The van der Waals surface area contributed by atoms with Gasteiger partial charge in [0.2, 0.25) is 0 Å². The molecule has 0 unspecified atom stereocenters. The van der Waals surface area contributed by atoms with Crippen LogP contribution in [0.4, 0.5) is 10.1 Å². The van der Waals surface area contributed by atoms with Gasteiger partial charge in [-0.25, -0.2) is 9.37 Å². The number of rotatable bonds is 4. The van der Waals surface area contributed by atoms with E-state index in [1.165, 1.54) is 13.0 Å². The first-order valence-corrected chi connectivity index (χ1v) is 11.2. The van der Waals surface area contributed by atoms with Gasteiger partial charge in [-0.2, -0.15) is 0 Å². The van der Waals surface area contributed by atoms with Crippen LogP contribution in [-0.2, 0) is 0 Å². The lowest BCUT2D eigenvalue weighted by atomic mass is 10.0. The standard InChI is InChI=1S/C27H23FN4O2/c1-18(33)19-9-10-26(22(28)16-19)31-12-14-32(15-13-31)27(34)21-17-25(24-8-4-5-11-29-24)30-23-7-3-2-6-20(21)23/h2-11,16-17H,12-15H2,1H3. The maximum absolute atomic E-state index is 14.6. The Morgan fingerprint density at radius 2 is 1.65 bits per heavy atom. The molecule has 5 rings (SSSR count). The summed E-state index contributed by atoms with van der Waals surface area (Å²) in [4.78, 5) is 37.9. The molecule has 1 aliphatic heterocycles. The predicted molar refractivity (Wildman–Crippen MR) is 129 cm³/mol. The van der Waals surface area contributed by atoms with Gasteiger partial charge in [0.15, 0.2) is 5.78 Å². The molecule has 1 fully saturated rings. The van der Waals surface area contributed by atoms with E-state index in [-0.39, 0.29) is 11.7 Å². The molecule has 1 aliphatic rings. The second kappa shape index (κ2) is 9.02. The van der Waals surface area contributed by atoms with Gasteiger partial charge in [0.1, 0.15) is 5.82 Å². The van der Waals surface area contributed by atoms with Gasteiger partial charge in [-0.1, -0.05) is 24.3 Å². The van der Waals surface area contributed by atoms with Crippen LogP contribution in [0.3, 0.4) is 0 Å². The van der Waals surface area contributed by atoms with E-state index < -0.39 is 5.82 Å². The number of nitrogens with zero attached hydrogens (tertiary/aromatic N) is 4. The Labute approximate surface area is 196 Å². The number of carbonyl (C=O) groups excluding carboxylic acids is 2. The number of benzene rings is 2. The van der Waals surface area contributed by atoms with Gasteiger partial charge in [-0.05, 0) is 49.4 Å². The van der Waals surface area contributed by atoms with Crippen molar-refractivity contribution in [2.75, 3.05) is 31.1 Å². The van der Waals surface area contributed by atoms with Crippen LogP contribution in [0.5, 0.6) is 0 Å². The first-order chi connectivity index (χ1) is 16.5. The number of aromatic nitrogens is 2. The maximum Gasteiger partial charge on any atom is 0.254 e. The van der Waals surface area contributed by atoms with Crippen molar-refractivity contribution in [2.24, 2.45) is 0 Å². The molecule has 170 valence electrons. The Hall–Kier alpha value is -4.13. The van der Waals surface area contributed by atoms with Crippen molar-refractivity contribution in [3.8, 4) is 11.4 Å². The molecule has 0 aliphatic carbocycles. The number of carbonyl (C=O) groups is 2. The minimum Gasteiger partial charge on any atom is -0.366 e. The molecular formula is C27H23FN4O2. The second-order valence-electron chi connectivity index (χ2n) is 8.29. The number of fused-ring (bicyclic) bond motifs is 1. The zero-order valence-electron chi connectivity index (χ0n) is 18.7. The summed E-state index contributed by atoms with van der Waals surface area (Å²) >= 11 is 0. The lowest BCUT2D eigenvalue weighted by Gasteiger charge is -2.36. The number of ketones is 1. The molecule has 1 amide bonds. The molecule has 6 nitrogen and oxygen atoms in total. The van der Waals surface area contributed by atoms with Crippen molar-refractivity contribution >= 4 is 28.3 Å². The van der Waals surface area contributed by atoms with E-state index in [9.17, 15) is 14.0 Å². The lowest BCUT2D eigenvalue weighted by Crippen LogP contribution is -2.49. The molecule has 0 spiro atoms. The lowest BCUT2D eigenvalue weighted by molar-refractivity contribution is 0.0748. The summed E-state index contributed by atoms with van der Waals surface area (Å²) in [6, 6.07) is 19.5. The Bertz CT molecular complexity index is 1380. The number of halogens is 1. The fraction of sp³-hybridized carbons (Fsp3) is 0.185. The van der Waals surface area contributed by atoms with Gasteiger partial charge in [0.05, 0.1) is 28.2 Å². The van der Waals surface area contributed by atoms with E-state index in [0.717, 1.165) is 10.9 Å². The molecule has 4 aromatic rings. The molecule has 0 saturated carbocycles.